The molecule has 0 aromatic rings. The van der Waals surface area contributed by atoms with Gasteiger partial charge in [0.15, 0.2) is 6.10 Å². The number of carbonyl (C=O) groups excluding carboxylic acids is 1. The van der Waals surface area contributed by atoms with E-state index in [4.69, 9.17) is 23.3 Å². The van der Waals surface area contributed by atoms with Gasteiger partial charge in [-0.3, -0.25) is 4.57 Å². The molecule has 0 amide bonds. The zero-order valence-electron chi connectivity index (χ0n) is 18.7. The highest BCUT2D eigenvalue weighted by Gasteiger charge is 2.45. The van der Waals surface area contributed by atoms with E-state index in [-0.39, 0.29) is 49.3 Å². The SMILES string of the molecule is CC(C)OC[C@H]1C(CO)[C@@H](C)C[C@H]1OP(=O)([O-])OC(=O)[C@H]1O[C@@H](C)C[C@H]1OC(C)C. The van der Waals surface area contributed by atoms with Crippen LogP contribution in [0.5, 0.6) is 0 Å². The molecule has 1 N–H and O–H groups in total. The van der Waals surface area contributed by atoms with Gasteiger partial charge in [0.25, 0.3) is 0 Å². The van der Waals surface area contributed by atoms with Crippen LogP contribution in [0.4, 0.5) is 0 Å². The highest BCUT2D eigenvalue weighted by atomic mass is 31.2. The Hall–Kier alpha value is -0.540. The summed E-state index contributed by atoms with van der Waals surface area (Å²) in [5.74, 6) is -1.48. The maximum absolute atomic E-state index is 12.5. The molecular weight excluding hydrogens is 415 g/mol. The van der Waals surface area contributed by atoms with Gasteiger partial charge in [0, 0.05) is 18.9 Å². The summed E-state index contributed by atoms with van der Waals surface area (Å²) in [5, 5.41) is 9.73. The Balaban J connectivity index is 2.03. The lowest BCUT2D eigenvalue weighted by atomic mass is 9.91. The molecule has 2 fully saturated rings. The second-order valence-corrected chi connectivity index (χ2v) is 10.2. The van der Waals surface area contributed by atoms with Crippen molar-refractivity contribution in [3.8, 4) is 0 Å². The van der Waals surface area contributed by atoms with Crippen molar-refractivity contribution in [2.24, 2.45) is 17.8 Å². The number of phosphoric acid groups is 1. The third kappa shape index (κ3) is 6.99. The van der Waals surface area contributed by atoms with Crippen LogP contribution in [0, 0.1) is 17.8 Å². The average molecular weight is 451 g/mol. The van der Waals surface area contributed by atoms with Crippen molar-refractivity contribution in [3.05, 3.63) is 0 Å². The molecule has 30 heavy (non-hydrogen) atoms. The lowest BCUT2D eigenvalue weighted by molar-refractivity contribution is -0.232. The van der Waals surface area contributed by atoms with Gasteiger partial charge in [-0.1, -0.05) is 6.92 Å². The molecule has 1 heterocycles. The number of rotatable bonds is 10. The van der Waals surface area contributed by atoms with Crippen LogP contribution in [0.3, 0.4) is 0 Å². The molecule has 176 valence electrons. The van der Waals surface area contributed by atoms with Crippen LogP contribution >= 0.6 is 7.82 Å². The number of hydrogen-bond acceptors (Lipinski definition) is 9. The highest BCUT2D eigenvalue weighted by Crippen LogP contribution is 2.49. The summed E-state index contributed by atoms with van der Waals surface area (Å²) in [7, 11) is -4.95. The minimum atomic E-state index is -4.95. The molecule has 0 radical (unpaired) electrons. The van der Waals surface area contributed by atoms with E-state index in [0.29, 0.717) is 12.8 Å². The van der Waals surface area contributed by atoms with E-state index in [9.17, 15) is 19.4 Å². The molecule has 2 rings (SSSR count). The third-order valence-electron chi connectivity index (χ3n) is 5.62. The van der Waals surface area contributed by atoms with Crippen LogP contribution in [-0.2, 0) is 32.6 Å². The van der Waals surface area contributed by atoms with Crippen molar-refractivity contribution in [3.63, 3.8) is 0 Å². The summed E-state index contributed by atoms with van der Waals surface area (Å²) in [4.78, 5) is 25.0. The lowest BCUT2D eigenvalue weighted by Gasteiger charge is -2.31. The standard InChI is InChI=1S/C20H37O9P/c1-11(2)25-10-16-15(9-21)13(5)7-17(16)28-30(23,24)29-20(22)19-18(26-12(3)4)8-14(6)27-19/h11-19,21H,7-10H2,1-6H3,(H,23,24)/p-1/t13-,14-,15?,16-,17+,18+,19-/m0/s1. The molecule has 2 unspecified atom stereocenters. The fraction of sp³-hybridized carbons (Fsp3) is 0.950. The first-order chi connectivity index (χ1) is 13.9. The normalized spacial score (nSPS) is 36.4. The van der Waals surface area contributed by atoms with E-state index in [2.05, 4.69) is 0 Å². The number of ether oxygens (including phenoxy) is 3. The monoisotopic (exact) mass is 451 g/mol. The van der Waals surface area contributed by atoms with Gasteiger partial charge in [0.05, 0.1) is 37.1 Å². The molecule has 0 aromatic heterocycles. The summed E-state index contributed by atoms with van der Waals surface area (Å²) in [6, 6.07) is 0. The Kier molecular flexibility index (Phi) is 9.31. The van der Waals surface area contributed by atoms with Crippen molar-refractivity contribution in [1.29, 1.82) is 0 Å². The van der Waals surface area contributed by atoms with E-state index in [0.717, 1.165) is 0 Å². The van der Waals surface area contributed by atoms with Gasteiger partial charge in [0.2, 0.25) is 0 Å². The Morgan fingerprint density at radius 3 is 2.37 bits per heavy atom. The van der Waals surface area contributed by atoms with Gasteiger partial charge in [-0.25, -0.2) is 4.79 Å². The minimum Gasteiger partial charge on any atom is -0.746 e. The summed E-state index contributed by atoms with van der Waals surface area (Å²) in [6.45, 7) is 11.3. The smallest absolute Gasteiger partial charge is 0.343 e. The quantitative estimate of drug-likeness (QED) is 0.497. The van der Waals surface area contributed by atoms with Gasteiger partial charge in [-0.15, -0.1) is 0 Å². The molecule has 0 bridgehead atoms. The summed E-state index contributed by atoms with van der Waals surface area (Å²) < 4.78 is 39.4. The molecule has 2 aliphatic rings. The summed E-state index contributed by atoms with van der Waals surface area (Å²) in [6.07, 6.45) is -2.00. The summed E-state index contributed by atoms with van der Waals surface area (Å²) >= 11 is 0. The van der Waals surface area contributed by atoms with Crippen LogP contribution < -0.4 is 4.89 Å². The average Bonchev–Trinajstić information content (AvgIpc) is 3.10. The predicted molar refractivity (Wildman–Crippen MR) is 106 cm³/mol. The van der Waals surface area contributed by atoms with Gasteiger partial charge < -0.3 is 33.3 Å². The minimum absolute atomic E-state index is 0.0410. The molecule has 0 aromatic carbocycles. The predicted octanol–water partition coefficient (Wildman–Crippen LogP) is 2.04. The van der Waals surface area contributed by atoms with Gasteiger partial charge in [0.1, 0.15) is 0 Å². The third-order valence-corrected chi connectivity index (χ3v) is 6.55. The van der Waals surface area contributed by atoms with Gasteiger partial charge in [-0.05, 0) is 52.9 Å². The molecule has 1 aliphatic heterocycles. The Bertz CT molecular complexity index is 611. The van der Waals surface area contributed by atoms with Crippen molar-refractivity contribution in [1.82, 2.24) is 0 Å². The van der Waals surface area contributed by atoms with Crippen LogP contribution in [0.2, 0.25) is 0 Å². The number of phosphoric ester groups is 1. The van der Waals surface area contributed by atoms with Crippen LogP contribution in [0.1, 0.15) is 54.4 Å². The lowest BCUT2D eigenvalue weighted by Crippen LogP contribution is -2.37. The zero-order valence-corrected chi connectivity index (χ0v) is 19.6. The van der Waals surface area contributed by atoms with E-state index in [1.165, 1.54) is 0 Å². The Labute approximate surface area is 179 Å². The molecule has 9 nitrogen and oxygen atoms in total. The van der Waals surface area contributed by atoms with Crippen molar-refractivity contribution in [2.45, 2.75) is 91.0 Å². The molecule has 0 spiro atoms. The van der Waals surface area contributed by atoms with E-state index >= 15 is 0 Å². The maximum Gasteiger partial charge on any atom is 0.343 e. The number of hydrogen-bond donors (Lipinski definition) is 1. The van der Waals surface area contributed by atoms with Gasteiger partial charge in [-0.2, -0.15) is 0 Å². The number of carbonyl (C=O) groups is 1. The molecule has 1 saturated heterocycles. The van der Waals surface area contributed by atoms with E-state index < -0.39 is 32.1 Å². The fourth-order valence-corrected chi connectivity index (χ4v) is 5.20. The topological polar surface area (TPSA) is 124 Å². The second kappa shape index (κ2) is 10.9. The largest absolute Gasteiger partial charge is 0.746 e. The zero-order chi connectivity index (χ0) is 22.6. The first-order valence-corrected chi connectivity index (χ1v) is 12.2. The maximum atomic E-state index is 12.5. The number of aliphatic hydroxyl groups excluding tert-OH is 1. The first-order valence-electron chi connectivity index (χ1n) is 10.7. The molecule has 1 aliphatic carbocycles. The molecule has 10 heteroatoms. The Morgan fingerprint density at radius 1 is 1.13 bits per heavy atom. The van der Waals surface area contributed by atoms with Gasteiger partial charge >= 0.3 is 13.8 Å². The van der Waals surface area contributed by atoms with E-state index in [1.807, 2.05) is 34.6 Å². The summed E-state index contributed by atoms with van der Waals surface area (Å²) in [5.41, 5.74) is 0. The van der Waals surface area contributed by atoms with Crippen molar-refractivity contribution < 1.29 is 42.6 Å². The van der Waals surface area contributed by atoms with Crippen LogP contribution in [0.15, 0.2) is 0 Å². The molecule has 1 saturated carbocycles. The number of aliphatic hydroxyl groups is 1. The Morgan fingerprint density at radius 2 is 1.80 bits per heavy atom. The van der Waals surface area contributed by atoms with Crippen molar-refractivity contribution in [2.75, 3.05) is 13.2 Å². The molecular formula is C20H36O9P-. The van der Waals surface area contributed by atoms with Crippen LogP contribution in [0.25, 0.3) is 0 Å². The first kappa shape index (κ1) is 25.7. The highest BCUT2D eigenvalue weighted by molar-refractivity contribution is 7.46. The van der Waals surface area contributed by atoms with Crippen LogP contribution in [-0.4, -0.2) is 60.9 Å². The fourth-order valence-electron chi connectivity index (χ4n) is 4.26. The van der Waals surface area contributed by atoms with Crippen molar-refractivity contribution >= 4 is 13.8 Å². The molecule has 8 atom stereocenters. The second-order valence-electron chi connectivity index (χ2n) is 8.93. The van der Waals surface area contributed by atoms with E-state index in [1.54, 1.807) is 6.92 Å².